The van der Waals surface area contributed by atoms with Crippen LogP contribution in [0.5, 0.6) is 17.2 Å². The maximum atomic E-state index is 13.5. The third kappa shape index (κ3) is 5.52. The predicted molar refractivity (Wildman–Crippen MR) is 150 cm³/mol. The first-order valence-electron chi connectivity index (χ1n) is 13.2. The number of phenols is 1. The molecule has 2 N–H and O–H groups in total. The van der Waals surface area contributed by atoms with Crippen molar-refractivity contribution < 1.29 is 33.7 Å². The zero-order valence-electron chi connectivity index (χ0n) is 23.3. The minimum Gasteiger partial charge on any atom is -0.507 e. The molecule has 0 spiro atoms. The number of rotatable bonds is 9. The van der Waals surface area contributed by atoms with Gasteiger partial charge in [0.1, 0.15) is 17.3 Å². The Bertz CT molecular complexity index is 1460. The van der Waals surface area contributed by atoms with E-state index in [1.54, 1.807) is 57.4 Å². The van der Waals surface area contributed by atoms with Gasteiger partial charge in [-0.2, -0.15) is 0 Å². The van der Waals surface area contributed by atoms with Crippen LogP contribution in [-0.2, 0) is 16.0 Å². The number of methoxy groups -OCH3 is 1. The number of hydrogen-bond donors (Lipinski definition) is 2. The van der Waals surface area contributed by atoms with Gasteiger partial charge >= 0.3 is 0 Å². The maximum Gasteiger partial charge on any atom is 0.295 e. The molecule has 3 aromatic rings. The summed E-state index contributed by atoms with van der Waals surface area (Å²) >= 11 is 0. The Kier molecular flexibility index (Phi) is 8.47. The number of ether oxygens (including phenoxy) is 2. The summed E-state index contributed by atoms with van der Waals surface area (Å²) < 4.78 is 24.5. The lowest BCUT2D eigenvalue weighted by atomic mass is 9.91. The average molecular weight is 548 g/mol. The Morgan fingerprint density at radius 1 is 1.05 bits per heavy atom. The molecule has 1 aliphatic rings. The molecule has 210 valence electrons. The van der Waals surface area contributed by atoms with Gasteiger partial charge in [-0.25, -0.2) is 4.39 Å². The first kappa shape index (κ1) is 28.7. The summed E-state index contributed by atoms with van der Waals surface area (Å²) in [7, 11) is 1.58. The second kappa shape index (κ2) is 11.8. The van der Waals surface area contributed by atoms with E-state index in [0.29, 0.717) is 35.5 Å². The van der Waals surface area contributed by atoms with E-state index >= 15 is 0 Å². The van der Waals surface area contributed by atoms with Crippen LogP contribution >= 0.6 is 0 Å². The van der Waals surface area contributed by atoms with E-state index in [1.807, 2.05) is 13.8 Å². The van der Waals surface area contributed by atoms with Gasteiger partial charge in [-0.05, 0) is 84.8 Å². The van der Waals surface area contributed by atoms with Crippen LogP contribution < -0.4 is 9.47 Å². The lowest BCUT2D eigenvalue weighted by molar-refractivity contribution is -0.139. The van der Waals surface area contributed by atoms with Crippen LogP contribution in [0.1, 0.15) is 60.5 Å². The molecular formula is C32H34FNO6. The first-order chi connectivity index (χ1) is 19.1. The van der Waals surface area contributed by atoms with Crippen LogP contribution in [0, 0.1) is 12.7 Å². The number of carbonyl (C=O) groups is 2. The maximum absolute atomic E-state index is 13.5. The van der Waals surface area contributed by atoms with Crippen LogP contribution in [-0.4, -0.2) is 47.1 Å². The molecule has 1 saturated heterocycles. The van der Waals surface area contributed by atoms with Crippen molar-refractivity contribution in [1.82, 2.24) is 4.90 Å². The predicted octanol–water partition coefficient (Wildman–Crippen LogP) is 6.03. The van der Waals surface area contributed by atoms with E-state index in [4.69, 9.17) is 9.47 Å². The fourth-order valence-electron chi connectivity index (χ4n) is 5.06. The highest BCUT2D eigenvalue weighted by Crippen LogP contribution is 2.43. The first-order valence-corrected chi connectivity index (χ1v) is 13.2. The summed E-state index contributed by atoms with van der Waals surface area (Å²) in [6, 6.07) is 13.2. The van der Waals surface area contributed by atoms with Gasteiger partial charge in [0.25, 0.3) is 11.7 Å². The number of nitrogens with zero attached hydrogens (tertiary/aromatic N) is 1. The molecule has 0 aliphatic carbocycles. The Balaban J connectivity index is 1.88. The van der Waals surface area contributed by atoms with Gasteiger partial charge in [0.05, 0.1) is 25.3 Å². The Labute approximate surface area is 233 Å². The lowest BCUT2D eigenvalue weighted by Gasteiger charge is -2.26. The lowest BCUT2D eigenvalue weighted by Crippen LogP contribution is -2.31. The van der Waals surface area contributed by atoms with Gasteiger partial charge in [-0.15, -0.1) is 0 Å². The third-order valence-electron chi connectivity index (χ3n) is 7.15. The highest BCUT2D eigenvalue weighted by atomic mass is 19.1. The molecule has 7 nitrogen and oxygen atoms in total. The number of phenolic OH excluding ortho intramolecular Hbond substituents is 1. The number of carbonyl (C=O) groups excluding carboxylic acids is 2. The molecule has 1 atom stereocenters. The summed E-state index contributed by atoms with van der Waals surface area (Å²) in [4.78, 5) is 28.4. The van der Waals surface area contributed by atoms with Crippen molar-refractivity contribution >= 4 is 17.4 Å². The van der Waals surface area contributed by atoms with Crippen molar-refractivity contribution in [2.45, 2.75) is 46.1 Å². The number of Topliss-reactive ketones (excluding diaryl/α,β-unsaturated/α-hetero) is 1. The Hall–Kier alpha value is -4.33. The number of benzene rings is 3. The monoisotopic (exact) mass is 547 g/mol. The number of amides is 1. The zero-order chi connectivity index (χ0) is 29.1. The van der Waals surface area contributed by atoms with E-state index in [0.717, 1.165) is 11.1 Å². The normalized spacial score (nSPS) is 16.6. The molecule has 1 fully saturated rings. The molecule has 0 bridgehead atoms. The number of aromatic hydroxyl groups is 1. The molecule has 1 heterocycles. The topological polar surface area (TPSA) is 96.3 Å². The molecule has 8 heteroatoms. The van der Waals surface area contributed by atoms with Gasteiger partial charge in [-0.3, -0.25) is 9.59 Å². The smallest absolute Gasteiger partial charge is 0.295 e. The number of ketones is 1. The molecule has 0 aromatic heterocycles. The second-order valence-electron chi connectivity index (χ2n) is 10.1. The molecule has 1 unspecified atom stereocenters. The molecule has 0 saturated carbocycles. The van der Waals surface area contributed by atoms with E-state index in [-0.39, 0.29) is 41.1 Å². The molecule has 1 aliphatic heterocycles. The Morgan fingerprint density at radius 2 is 1.75 bits per heavy atom. The number of likely N-dealkylation sites (tertiary alicyclic amines) is 1. The standard InChI is InChI=1S/C32H34FNO6/c1-6-40-27-16-21(9-12-25(27)35)29-28(30(36)24-17-23(18(2)3)26(39-5)15-19(24)4)31(37)32(38)34(29)14-13-20-7-10-22(33)11-8-20/h7-12,15-18,29,35-36H,6,13-14H2,1-5H3/b30-28+. The van der Waals surface area contributed by atoms with Gasteiger partial charge in [0.15, 0.2) is 11.5 Å². The van der Waals surface area contributed by atoms with E-state index in [9.17, 15) is 24.2 Å². The van der Waals surface area contributed by atoms with Gasteiger partial charge in [0, 0.05) is 12.1 Å². The fraction of sp³-hybridized carbons (Fsp3) is 0.312. The highest BCUT2D eigenvalue weighted by Gasteiger charge is 2.46. The van der Waals surface area contributed by atoms with Gasteiger partial charge < -0.3 is 24.6 Å². The summed E-state index contributed by atoms with van der Waals surface area (Å²) in [6.07, 6.45) is 0.360. The molecular weight excluding hydrogens is 513 g/mol. The average Bonchev–Trinajstić information content (AvgIpc) is 3.18. The van der Waals surface area contributed by atoms with E-state index in [1.165, 1.54) is 23.1 Å². The van der Waals surface area contributed by atoms with Gasteiger partial charge in [-0.1, -0.05) is 32.0 Å². The molecule has 40 heavy (non-hydrogen) atoms. The molecule has 0 radical (unpaired) electrons. The highest BCUT2D eigenvalue weighted by molar-refractivity contribution is 6.46. The van der Waals surface area contributed by atoms with Crippen molar-refractivity contribution in [3.8, 4) is 17.2 Å². The quantitative estimate of drug-likeness (QED) is 0.193. The van der Waals surface area contributed by atoms with Crippen LogP contribution in [0.2, 0.25) is 0 Å². The van der Waals surface area contributed by atoms with Crippen molar-refractivity contribution in [3.05, 3.63) is 93.8 Å². The molecule has 1 amide bonds. The number of aliphatic hydroxyl groups excluding tert-OH is 1. The summed E-state index contributed by atoms with van der Waals surface area (Å²) in [6.45, 7) is 8.01. The minimum atomic E-state index is -0.941. The van der Waals surface area contributed by atoms with Crippen LogP contribution in [0.15, 0.2) is 60.2 Å². The molecule has 3 aromatic carbocycles. The summed E-state index contributed by atoms with van der Waals surface area (Å²) in [5.74, 6) is -1.37. The molecule has 4 rings (SSSR count). The van der Waals surface area contributed by atoms with Crippen molar-refractivity contribution in [2.24, 2.45) is 0 Å². The van der Waals surface area contributed by atoms with Crippen molar-refractivity contribution in [3.63, 3.8) is 0 Å². The third-order valence-corrected chi connectivity index (χ3v) is 7.15. The number of aryl methyl sites for hydroxylation is 1. The second-order valence-corrected chi connectivity index (χ2v) is 10.1. The SMILES string of the molecule is CCOc1cc(C2/C(=C(\O)c3cc(C(C)C)c(OC)cc3C)C(=O)C(=O)N2CCc2ccc(F)cc2)ccc1O. The Morgan fingerprint density at radius 3 is 2.38 bits per heavy atom. The summed E-state index contributed by atoms with van der Waals surface area (Å²) in [5.41, 5.74) is 3.18. The zero-order valence-corrected chi connectivity index (χ0v) is 23.3. The van der Waals surface area contributed by atoms with E-state index in [2.05, 4.69) is 0 Å². The van der Waals surface area contributed by atoms with Crippen molar-refractivity contribution in [2.75, 3.05) is 20.3 Å². The van der Waals surface area contributed by atoms with Gasteiger partial charge in [0.2, 0.25) is 0 Å². The largest absolute Gasteiger partial charge is 0.507 e. The van der Waals surface area contributed by atoms with E-state index < -0.39 is 17.7 Å². The van der Waals surface area contributed by atoms with Crippen molar-refractivity contribution in [1.29, 1.82) is 0 Å². The van der Waals surface area contributed by atoms with Crippen LogP contribution in [0.3, 0.4) is 0 Å². The fourth-order valence-corrected chi connectivity index (χ4v) is 5.06. The summed E-state index contributed by atoms with van der Waals surface area (Å²) in [5, 5.41) is 22.0. The van der Waals surface area contributed by atoms with Crippen LogP contribution in [0.25, 0.3) is 5.76 Å². The number of hydrogen-bond acceptors (Lipinski definition) is 6. The number of halogens is 1. The minimum absolute atomic E-state index is 0.0554. The number of aliphatic hydroxyl groups is 1. The van der Waals surface area contributed by atoms with Crippen LogP contribution in [0.4, 0.5) is 4.39 Å².